The maximum atomic E-state index is 13.6. The highest BCUT2D eigenvalue weighted by molar-refractivity contribution is 8.26. The van der Waals surface area contributed by atoms with Crippen molar-refractivity contribution < 1.29 is 14.3 Å². The summed E-state index contributed by atoms with van der Waals surface area (Å²) in [6.45, 7) is 7.48. The largest absolute Gasteiger partial charge is 0.450 e. The van der Waals surface area contributed by atoms with Gasteiger partial charge in [-0.15, -0.1) is 0 Å². The van der Waals surface area contributed by atoms with Crippen LogP contribution < -0.4 is 10.5 Å². The Hall–Kier alpha value is -3.62. The van der Waals surface area contributed by atoms with Gasteiger partial charge in [0.1, 0.15) is 21.8 Å². The lowest BCUT2D eigenvalue weighted by Gasteiger charge is -2.37. The van der Waals surface area contributed by atoms with Gasteiger partial charge in [0.15, 0.2) is 0 Å². The number of hydrogen-bond acceptors (Lipinski definition) is 8. The average Bonchev–Trinajstić information content (AvgIpc) is 3.20. The van der Waals surface area contributed by atoms with Crippen LogP contribution in [0.5, 0.6) is 0 Å². The van der Waals surface area contributed by atoms with Crippen LogP contribution in [0.2, 0.25) is 0 Å². The van der Waals surface area contributed by atoms with Crippen molar-refractivity contribution in [2.24, 2.45) is 7.05 Å². The van der Waals surface area contributed by atoms with Crippen molar-refractivity contribution in [2.75, 3.05) is 37.7 Å². The maximum Gasteiger partial charge on any atom is 0.409 e. The van der Waals surface area contributed by atoms with Gasteiger partial charge in [-0.25, -0.2) is 4.79 Å². The molecule has 11 heteroatoms. The zero-order valence-electron chi connectivity index (χ0n) is 21.8. The molecule has 198 valence electrons. The van der Waals surface area contributed by atoms with Gasteiger partial charge < -0.3 is 14.5 Å². The van der Waals surface area contributed by atoms with E-state index >= 15 is 0 Å². The molecule has 0 bridgehead atoms. The van der Waals surface area contributed by atoms with Crippen molar-refractivity contribution in [3.8, 4) is 6.07 Å². The van der Waals surface area contributed by atoms with E-state index in [1.807, 2.05) is 48.2 Å². The molecule has 2 aliphatic rings. The predicted molar refractivity (Wildman–Crippen MR) is 152 cm³/mol. The van der Waals surface area contributed by atoms with Gasteiger partial charge in [-0.1, -0.05) is 54.3 Å². The molecule has 2 fully saturated rings. The molecular weight excluding hydrogens is 522 g/mol. The first-order valence-electron chi connectivity index (χ1n) is 12.3. The normalized spacial score (nSPS) is 17.7. The standard InChI is InChI=1S/C27H29N5O4S2/c1-5-36-26(35)31-13-11-30(12-14-31)23-20(17(2)21(16-28)24(33)29(23)4)15-22-25(34)32(27(37)38-22)18(3)19-9-7-6-8-10-19/h6-10,15,18H,5,11-14H2,1-4H3/b22-15-. The number of anilines is 1. The van der Waals surface area contributed by atoms with Gasteiger partial charge in [-0.3, -0.25) is 19.1 Å². The number of ether oxygens (including phenoxy) is 1. The second kappa shape index (κ2) is 11.4. The maximum absolute atomic E-state index is 13.6. The molecule has 1 unspecified atom stereocenters. The van der Waals surface area contributed by atoms with Gasteiger partial charge in [0, 0.05) is 38.8 Å². The van der Waals surface area contributed by atoms with Gasteiger partial charge in [-0.2, -0.15) is 5.26 Å². The predicted octanol–water partition coefficient (Wildman–Crippen LogP) is 3.81. The molecule has 2 aromatic rings. The lowest BCUT2D eigenvalue weighted by Crippen LogP contribution is -2.50. The van der Waals surface area contributed by atoms with Crippen molar-refractivity contribution in [3.63, 3.8) is 0 Å². The number of carbonyl (C=O) groups excluding carboxylic acids is 2. The van der Waals surface area contributed by atoms with Crippen LogP contribution >= 0.6 is 24.0 Å². The number of pyridine rings is 1. The van der Waals surface area contributed by atoms with Crippen LogP contribution in [0.3, 0.4) is 0 Å². The summed E-state index contributed by atoms with van der Waals surface area (Å²) in [6, 6.07) is 11.5. The highest BCUT2D eigenvalue weighted by Crippen LogP contribution is 2.39. The molecule has 1 atom stereocenters. The Bertz CT molecular complexity index is 1410. The Labute approximate surface area is 231 Å². The van der Waals surface area contributed by atoms with E-state index < -0.39 is 5.56 Å². The molecular formula is C27H29N5O4S2. The highest BCUT2D eigenvalue weighted by atomic mass is 32.2. The molecule has 3 heterocycles. The van der Waals surface area contributed by atoms with E-state index in [2.05, 4.69) is 0 Å². The first-order chi connectivity index (χ1) is 18.2. The number of nitrogens with zero attached hydrogens (tertiary/aromatic N) is 5. The van der Waals surface area contributed by atoms with E-state index in [0.717, 1.165) is 5.56 Å². The summed E-state index contributed by atoms with van der Waals surface area (Å²) in [5, 5.41) is 9.73. The topological polar surface area (TPSA) is 98.9 Å². The number of amides is 2. The van der Waals surface area contributed by atoms with Gasteiger partial charge in [0.25, 0.3) is 11.5 Å². The van der Waals surface area contributed by atoms with Crippen LogP contribution in [0, 0.1) is 18.3 Å². The van der Waals surface area contributed by atoms with E-state index in [1.165, 1.54) is 16.3 Å². The van der Waals surface area contributed by atoms with Gasteiger partial charge in [-0.05, 0) is 38.0 Å². The molecule has 0 radical (unpaired) electrons. The number of thioether (sulfide) groups is 1. The van der Waals surface area contributed by atoms with Gasteiger partial charge in [0.2, 0.25) is 0 Å². The van der Waals surface area contributed by atoms with Gasteiger partial charge >= 0.3 is 6.09 Å². The number of rotatable bonds is 5. The van der Waals surface area contributed by atoms with E-state index in [0.29, 0.717) is 59.0 Å². The van der Waals surface area contributed by atoms with Crippen LogP contribution in [0.4, 0.5) is 10.6 Å². The molecule has 0 N–H and O–H groups in total. The van der Waals surface area contributed by atoms with E-state index in [-0.39, 0.29) is 23.6 Å². The minimum absolute atomic E-state index is 0.0285. The summed E-state index contributed by atoms with van der Waals surface area (Å²) in [5.41, 5.74) is 1.70. The first kappa shape index (κ1) is 27.4. The van der Waals surface area contributed by atoms with Crippen molar-refractivity contribution >= 4 is 52.2 Å². The summed E-state index contributed by atoms with van der Waals surface area (Å²) >= 11 is 6.80. The second-order valence-corrected chi connectivity index (χ2v) is 10.7. The summed E-state index contributed by atoms with van der Waals surface area (Å²) in [7, 11) is 1.62. The molecule has 9 nitrogen and oxygen atoms in total. The lowest BCUT2D eigenvalue weighted by molar-refractivity contribution is -0.123. The fourth-order valence-corrected chi connectivity index (χ4v) is 6.14. The second-order valence-electron chi connectivity index (χ2n) is 9.02. The molecule has 0 spiro atoms. The number of aromatic nitrogens is 1. The molecule has 1 aromatic heterocycles. The first-order valence-corrected chi connectivity index (χ1v) is 13.5. The number of nitriles is 1. The van der Waals surface area contributed by atoms with Crippen LogP contribution in [0.15, 0.2) is 40.0 Å². The van der Waals surface area contributed by atoms with Crippen LogP contribution in [-0.2, 0) is 16.6 Å². The van der Waals surface area contributed by atoms with E-state index in [1.54, 1.807) is 36.8 Å². The zero-order valence-corrected chi connectivity index (χ0v) is 23.4. The van der Waals surface area contributed by atoms with E-state index in [4.69, 9.17) is 17.0 Å². The van der Waals surface area contributed by atoms with Crippen LogP contribution in [0.25, 0.3) is 6.08 Å². The molecule has 1 aromatic carbocycles. The molecule has 2 amide bonds. The van der Waals surface area contributed by atoms with Crippen molar-refractivity contribution in [2.45, 2.75) is 26.8 Å². The van der Waals surface area contributed by atoms with Crippen molar-refractivity contribution in [1.29, 1.82) is 5.26 Å². The van der Waals surface area contributed by atoms with Crippen molar-refractivity contribution in [1.82, 2.24) is 14.4 Å². The lowest BCUT2D eigenvalue weighted by atomic mass is 10.0. The number of hydrogen-bond donors (Lipinski definition) is 0. The Kier molecular flexibility index (Phi) is 8.23. The third kappa shape index (κ3) is 5.06. The molecule has 0 saturated carbocycles. The summed E-state index contributed by atoms with van der Waals surface area (Å²) in [5.74, 6) is 0.373. The number of benzene rings is 1. The SMILES string of the molecule is CCOC(=O)N1CCN(c2c(/C=C3\SC(=S)N(C(C)c4ccccc4)C3=O)c(C)c(C#N)c(=O)n2C)CC1. The Morgan fingerprint density at radius 3 is 2.47 bits per heavy atom. The van der Waals surface area contributed by atoms with Crippen LogP contribution in [-0.4, -0.2) is 63.5 Å². The van der Waals surface area contributed by atoms with E-state index in [9.17, 15) is 19.6 Å². The third-order valence-electron chi connectivity index (χ3n) is 6.84. The quantitative estimate of drug-likeness (QED) is 0.409. The minimum Gasteiger partial charge on any atom is -0.450 e. The molecule has 4 rings (SSSR count). The van der Waals surface area contributed by atoms with Gasteiger partial charge in [0.05, 0.1) is 17.6 Å². The fourth-order valence-electron chi connectivity index (χ4n) is 4.74. The Balaban J connectivity index is 1.73. The number of thiocarbonyl (C=S) groups is 1. The summed E-state index contributed by atoms with van der Waals surface area (Å²) in [6.07, 6.45) is 1.37. The fraction of sp³-hybridized carbons (Fsp3) is 0.370. The number of carbonyl (C=O) groups is 2. The summed E-state index contributed by atoms with van der Waals surface area (Å²) in [4.78, 5) is 44.5. The zero-order chi connectivity index (χ0) is 27.6. The van der Waals surface area contributed by atoms with Crippen LogP contribution in [0.1, 0.15) is 42.1 Å². The van der Waals surface area contributed by atoms with Crippen molar-refractivity contribution in [3.05, 3.63) is 67.8 Å². The Morgan fingerprint density at radius 1 is 1.21 bits per heavy atom. The molecule has 38 heavy (non-hydrogen) atoms. The smallest absolute Gasteiger partial charge is 0.409 e. The summed E-state index contributed by atoms with van der Waals surface area (Å²) < 4.78 is 7.02. The number of piperazine rings is 1. The average molecular weight is 552 g/mol. The molecule has 0 aliphatic carbocycles. The molecule has 2 aliphatic heterocycles. The molecule has 2 saturated heterocycles. The monoisotopic (exact) mass is 551 g/mol. The Morgan fingerprint density at radius 2 is 1.87 bits per heavy atom. The highest BCUT2D eigenvalue weighted by Gasteiger charge is 2.37. The minimum atomic E-state index is -0.407. The third-order valence-corrected chi connectivity index (χ3v) is 8.17.